The maximum absolute atomic E-state index is 13.7. The topological polar surface area (TPSA) is 74.6 Å². The van der Waals surface area contributed by atoms with Crippen molar-refractivity contribution in [1.82, 2.24) is 0 Å². The lowest BCUT2D eigenvalue weighted by Gasteiger charge is -2.60. The van der Waals surface area contributed by atoms with E-state index < -0.39 is 5.41 Å². The van der Waals surface area contributed by atoms with Gasteiger partial charge in [0.25, 0.3) is 0 Å². The van der Waals surface area contributed by atoms with E-state index in [0.29, 0.717) is 37.0 Å². The fraction of sp³-hybridized carbons (Fsp3) is 0.846. The minimum absolute atomic E-state index is 0.0645. The predicted octanol–water partition coefficient (Wildman–Crippen LogP) is 4.53. The van der Waals surface area contributed by atoms with Gasteiger partial charge in [-0.05, 0) is 91.9 Å². The van der Waals surface area contributed by atoms with Gasteiger partial charge in [-0.2, -0.15) is 0 Å². The average molecular weight is 447 g/mol. The van der Waals surface area contributed by atoms with Crippen LogP contribution in [0, 0.1) is 39.9 Å². The van der Waals surface area contributed by atoms with Crippen molar-refractivity contribution < 1.29 is 19.8 Å². The van der Waals surface area contributed by atoms with E-state index in [9.17, 15) is 19.8 Å². The second-order valence-corrected chi connectivity index (χ2v) is 13.3. The fourth-order valence-electron chi connectivity index (χ4n) is 8.59. The Morgan fingerprint density at radius 1 is 1.16 bits per heavy atom. The lowest BCUT2D eigenvalue weighted by Crippen LogP contribution is -2.56. The molecule has 0 spiro atoms. The Labute approximate surface area is 190 Å². The normalized spacial score (nSPS) is 51.5. The van der Waals surface area contributed by atoms with Gasteiger partial charge in [0.2, 0.25) is 0 Å². The third kappa shape index (κ3) is 3.16. The van der Waals surface area contributed by atoms with Crippen molar-refractivity contribution in [2.45, 2.75) is 89.9 Å². The lowest BCUT2D eigenvalue weighted by molar-refractivity contribution is -0.122. The molecular formula is C26H38O4S. The van der Waals surface area contributed by atoms with Crippen LogP contribution < -0.4 is 0 Å². The molecule has 5 aliphatic rings. The Morgan fingerprint density at radius 2 is 1.94 bits per heavy atom. The summed E-state index contributed by atoms with van der Waals surface area (Å²) in [7, 11) is 0. The average Bonchev–Trinajstić information content (AvgIpc) is 2.99. The summed E-state index contributed by atoms with van der Waals surface area (Å²) in [5, 5.41) is 21.4. The number of allylic oxidation sites excluding steroid dienone is 1. The molecular weight excluding hydrogens is 408 g/mol. The fourth-order valence-corrected chi connectivity index (χ4v) is 10.1. The molecule has 31 heavy (non-hydrogen) atoms. The van der Waals surface area contributed by atoms with E-state index in [1.807, 2.05) is 6.08 Å². The smallest absolute Gasteiger partial charge is 0.195 e. The molecule has 0 aromatic heterocycles. The number of rotatable bonds is 3. The molecule has 0 aromatic rings. The molecule has 1 aliphatic heterocycles. The Balaban J connectivity index is 1.60. The number of hydrogen-bond donors (Lipinski definition) is 2. The van der Waals surface area contributed by atoms with Crippen molar-refractivity contribution in [3.63, 3.8) is 0 Å². The highest BCUT2D eigenvalue weighted by molar-refractivity contribution is 8.14. The molecule has 5 rings (SSSR count). The van der Waals surface area contributed by atoms with Crippen LogP contribution in [0.4, 0.5) is 0 Å². The van der Waals surface area contributed by atoms with Crippen molar-refractivity contribution in [3.8, 4) is 0 Å². The predicted molar refractivity (Wildman–Crippen MR) is 122 cm³/mol. The van der Waals surface area contributed by atoms with Crippen molar-refractivity contribution >= 4 is 22.7 Å². The van der Waals surface area contributed by atoms with Crippen molar-refractivity contribution in [2.75, 3.05) is 6.61 Å². The Hall–Kier alpha value is -0.650. The van der Waals surface area contributed by atoms with E-state index in [2.05, 4.69) is 20.8 Å². The zero-order chi connectivity index (χ0) is 22.2. The Kier molecular flexibility index (Phi) is 5.31. The molecule has 172 valence electrons. The van der Waals surface area contributed by atoms with Crippen LogP contribution in [0.1, 0.15) is 78.6 Å². The maximum Gasteiger partial charge on any atom is 0.195 e. The number of aliphatic hydroxyl groups is 2. The van der Waals surface area contributed by atoms with Gasteiger partial charge in [0.15, 0.2) is 10.9 Å². The number of ketones is 1. The second kappa shape index (κ2) is 7.43. The van der Waals surface area contributed by atoms with Gasteiger partial charge >= 0.3 is 0 Å². The maximum atomic E-state index is 13.7. The summed E-state index contributed by atoms with van der Waals surface area (Å²) in [6, 6.07) is 0. The van der Waals surface area contributed by atoms with Crippen LogP contribution in [0.3, 0.4) is 0 Å². The number of fused-ring (bicyclic) bond motifs is 3. The van der Waals surface area contributed by atoms with E-state index in [4.69, 9.17) is 0 Å². The number of aliphatic hydroxyl groups excluding tert-OH is 2. The molecule has 0 aromatic carbocycles. The first-order valence-corrected chi connectivity index (χ1v) is 13.2. The monoisotopic (exact) mass is 446 g/mol. The van der Waals surface area contributed by atoms with Crippen LogP contribution in [0.25, 0.3) is 0 Å². The van der Waals surface area contributed by atoms with Crippen molar-refractivity contribution in [1.29, 1.82) is 0 Å². The Bertz CT molecular complexity index is 822. The molecule has 4 fully saturated rings. The van der Waals surface area contributed by atoms with E-state index in [0.717, 1.165) is 38.5 Å². The third-order valence-corrected chi connectivity index (χ3v) is 11.9. The van der Waals surface area contributed by atoms with Gasteiger partial charge in [0.1, 0.15) is 0 Å². The summed E-state index contributed by atoms with van der Waals surface area (Å²) in [5.41, 5.74) is 0.781. The molecule has 4 aliphatic carbocycles. The number of thioether (sulfide) groups is 1. The van der Waals surface area contributed by atoms with Crippen molar-refractivity contribution in [3.05, 3.63) is 11.6 Å². The van der Waals surface area contributed by atoms with Gasteiger partial charge in [-0.25, -0.2) is 0 Å². The first-order chi connectivity index (χ1) is 14.6. The van der Waals surface area contributed by atoms with Crippen molar-refractivity contribution in [2.24, 2.45) is 39.9 Å². The number of carbonyl (C=O) groups excluding carboxylic acids is 2. The summed E-state index contributed by atoms with van der Waals surface area (Å²) in [6.07, 6.45) is 9.19. The van der Waals surface area contributed by atoms with Crippen LogP contribution in [-0.2, 0) is 9.59 Å². The van der Waals surface area contributed by atoms with Crippen LogP contribution in [-0.4, -0.2) is 39.1 Å². The van der Waals surface area contributed by atoms with Gasteiger partial charge in [-0.1, -0.05) is 38.1 Å². The molecule has 2 bridgehead atoms. The van der Waals surface area contributed by atoms with Crippen LogP contribution in [0.2, 0.25) is 0 Å². The van der Waals surface area contributed by atoms with Crippen LogP contribution in [0.5, 0.6) is 0 Å². The molecule has 0 amide bonds. The summed E-state index contributed by atoms with van der Waals surface area (Å²) in [5.74, 6) is 1.79. The SMILES string of the molecule is CC1(CCCO)C[C@H]2CC3C4[C@@H](CC5=CC(=O)CC[C@]5(C)[C@H]4CC[C@]3(C)[C@H]2O)SC1=O. The third-order valence-electron chi connectivity index (χ3n) is 10.4. The molecule has 9 atom stereocenters. The van der Waals surface area contributed by atoms with E-state index in [-0.39, 0.29) is 45.6 Å². The van der Waals surface area contributed by atoms with E-state index in [1.165, 1.54) is 5.57 Å². The highest BCUT2D eigenvalue weighted by atomic mass is 32.2. The van der Waals surface area contributed by atoms with E-state index in [1.54, 1.807) is 11.8 Å². The second-order valence-electron chi connectivity index (χ2n) is 12.1. The molecule has 5 heteroatoms. The highest BCUT2D eigenvalue weighted by Gasteiger charge is 2.65. The molecule has 1 heterocycles. The van der Waals surface area contributed by atoms with Crippen LogP contribution in [0.15, 0.2) is 11.6 Å². The van der Waals surface area contributed by atoms with Gasteiger partial charge in [-0.3, -0.25) is 9.59 Å². The Morgan fingerprint density at radius 3 is 2.68 bits per heavy atom. The standard InChI is InChI=1S/C26H38O4S/c1-24(7-4-10-27)14-15-11-19-21-18(6-9-26(19,3)22(15)29)25(2)8-5-17(28)12-16(25)13-20(21)31-23(24)30/h12,15,18-22,27,29H,4-11,13-14H2,1-3H3/t15-,18+,19?,20-,21?,22+,24?,25+,26+/m1/s1. The highest BCUT2D eigenvalue weighted by Crippen LogP contribution is 2.69. The molecule has 3 saturated carbocycles. The minimum atomic E-state index is -0.504. The molecule has 2 N–H and O–H groups in total. The minimum Gasteiger partial charge on any atom is -0.396 e. The van der Waals surface area contributed by atoms with Gasteiger partial charge in [-0.15, -0.1) is 0 Å². The molecule has 3 unspecified atom stereocenters. The van der Waals surface area contributed by atoms with Gasteiger partial charge in [0, 0.05) is 23.7 Å². The first kappa shape index (κ1) is 22.2. The summed E-state index contributed by atoms with van der Waals surface area (Å²) >= 11 is 1.56. The molecule has 1 saturated heterocycles. The lowest BCUT2D eigenvalue weighted by atomic mass is 9.47. The zero-order valence-corrected chi connectivity index (χ0v) is 20.0. The summed E-state index contributed by atoms with van der Waals surface area (Å²) in [6.45, 7) is 6.85. The summed E-state index contributed by atoms with van der Waals surface area (Å²) < 4.78 is 0. The van der Waals surface area contributed by atoms with Crippen LogP contribution >= 0.6 is 11.8 Å². The summed E-state index contributed by atoms with van der Waals surface area (Å²) in [4.78, 5) is 26.0. The van der Waals surface area contributed by atoms with Gasteiger partial charge in [0.05, 0.1) is 6.10 Å². The molecule has 4 nitrogen and oxygen atoms in total. The zero-order valence-electron chi connectivity index (χ0n) is 19.2. The number of carbonyl (C=O) groups is 2. The largest absolute Gasteiger partial charge is 0.396 e. The number of hydrogen-bond acceptors (Lipinski definition) is 5. The molecule has 0 radical (unpaired) electrons. The van der Waals surface area contributed by atoms with E-state index >= 15 is 0 Å². The van der Waals surface area contributed by atoms with Gasteiger partial charge < -0.3 is 10.2 Å². The first-order valence-electron chi connectivity index (χ1n) is 12.4. The quantitative estimate of drug-likeness (QED) is 0.666.